The topological polar surface area (TPSA) is 123 Å². The summed E-state index contributed by atoms with van der Waals surface area (Å²) in [4.78, 5) is 41.2. The highest BCUT2D eigenvalue weighted by Crippen LogP contribution is 2.44. The third kappa shape index (κ3) is 5.80. The Balaban J connectivity index is 1.28. The number of hydrogen-bond acceptors (Lipinski definition) is 6. The van der Waals surface area contributed by atoms with Crippen LogP contribution in [-0.4, -0.2) is 55.5 Å². The summed E-state index contributed by atoms with van der Waals surface area (Å²) in [7, 11) is 1.35. The number of benzene rings is 2. The van der Waals surface area contributed by atoms with Gasteiger partial charge in [0.05, 0.1) is 6.61 Å². The fraction of sp³-hybridized carbons (Fsp3) is 0.423. The first-order valence-corrected chi connectivity index (χ1v) is 11.8. The molecule has 35 heavy (non-hydrogen) atoms. The van der Waals surface area contributed by atoms with Gasteiger partial charge in [-0.15, -0.1) is 0 Å². The molecule has 4 rings (SSSR count). The molecule has 186 valence electrons. The van der Waals surface area contributed by atoms with Crippen molar-refractivity contribution in [1.82, 2.24) is 10.8 Å². The van der Waals surface area contributed by atoms with Crippen LogP contribution >= 0.6 is 0 Å². The Kier molecular flexibility index (Phi) is 7.99. The van der Waals surface area contributed by atoms with Gasteiger partial charge < -0.3 is 19.9 Å². The molecule has 9 nitrogen and oxygen atoms in total. The van der Waals surface area contributed by atoms with E-state index in [0.29, 0.717) is 12.8 Å². The van der Waals surface area contributed by atoms with Crippen molar-refractivity contribution in [2.24, 2.45) is 5.92 Å². The molecular weight excluding hydrogens is 452 g/mol. The number of carbonyl (C=O) groups is 3. The number of ether oxygens (including phenoxy) is 2. The first-order valence-electron chi connectivity index (χ1n) is 11.8. The minimum atomic E-state index is -1.29. The van der Waals surface area contributed by atoms with Gasteiger partial charge in [-0.05, 0) is 41.5 Å². The molecule has 1 saturated carbocycles. The van der Waals surface area contributed by atoms with Crippen LogP contribution in [0.25, 0.3) is 11.1 Å². The SMILES string of the molecule is COCC(ONC(=O)[C@@H]1CCC[C@H](NC(=O)OCC2c3ccccc3-c3ccccc32)C1)C(=O)O. The first kappa shape index (κ1) is 24.7. The van der Waals surface area contributed by atoms with Crippen LogP contribution in [0.2, 0.25) is 0 Å². The second-order valence-electron chi connectivity index (χ2n) is 8.90. The van der Waals surface area contributed by atoms with Crippen LogP contribution in [0.1, 0.15) is 42.7 Å². The van der Waals surface area contributed by atoms with Crippen LogP contribution in [0.3, 0.4) is 0 Å². The van der Waals surface area contributed by atoms with Gasteiger partial charge in [-0.2, -0.15) is 0 Å². The average molecular weight is 483 g/mol. The molecule has 0 bridgehead atoms. The van der Waals surface area contributed by atoms with E-state index in [1.54, 1.807) is 0 Å². The normalized spacial score (nSPS) is 19.8. The molecule has 1 unspecified atom stereocenters. The van der Waals surface area contributed by atoms with Gasteiger partial charge in [-0.25, -0.2) is 15.1 Å². The Morgan fingerprint density at radius 1 is 1.03 bits per heavy atom. The number of carboxylic acids is 1. The van der Waals surface area contributed by atoms with Crippen LogP contribution in [-0.2, 0) is 23.9 Å². The van der Waals surface area contributed by atoms with Crippen molar-refractivity contribution in [2.45, 2.75) is 43.7 Å². The molecule has 3 atom stereocenters. The van der Waals surface area contributed by atoms with Crippen molar-refractivity contribution in [2.75, 3.05) is 20.3 Å². The third-order valence-corrected chi connectivity index (χ3v) is 6.61. The predicted octanol–water partition coefficient (Wildman–Crippen LogP) is 3.23. The average Bonchev–Trinajstić information content (AvgIpc) is 3.19. The number of fused-ring (bicyclic) bond motifs is 3. The Labute approximate surface area is 203 Å². The molecule has 1 fully saturated rings. The van der Waals surface area contributed by atoms with Crippen LogP contribution < -0.4 is 10.8 Å². The molecular formula is C26H30N2O7. The summed E-state index contributed by atoms with van der Waals surface area (Å²) < 4.78 is 10.4. The molecule has 2 aliphatic rings. The van der Waals surface area contributed by atoms with Crippen LogP contribution in [0.5, 0.6) is 0 Å². The van der Waals surface area contributed by atoms with E-state index in [1.165, 1.54) is 7.11 Å². The van der Waals surface area contributed by atoms with Gasteiger partial charge in [0.1, 0.15) is 6.61 Å². The highest BCUT2D eigenvalue weighted by atomic mass is 16.7. The number of carboxylic acid groups (broad SMARTS) is 1. The molecule has 0 spiro atoms. The van der Waals surface area contributed by atoms with Gasteiger partial charge in [-0.3, -0.25) is 9.63 Å². The number of nitrogens with one attached hydrogen (secondary N) is 2. The number of rotatable bonds is 9. The summed E-state index contributed by atoms with van der Waals surface area (Å²) in [5.74, 6) is -2.07. The van der Waals surface area contributed by atoms with Gasteiger partial charge in [-0.1, -0.05) is 55.0 Å². The molecule has 9 heteroatoms. The Morgan fingerprint density at radius 3 is 2.31 bits per heavy atom. The lowest BCUT2D eigenvalue weighted by Crippen LogP contribution is -2.44. The summed E-state index contributed by atoms with van der Waals surface area (Å²) in [5.41, 5.74) is 6.84. The number of aliphatic carboxylic acids is 1. The fourth-order valence-corrected chi connectivity index (χ4v) is 4.89. The van der Waals surface area contributed by atoms with Gasteiger partial charge in [0.2, 0.25) is 12.0 Å². The monoisotopic (exact) mass is 482 g/mol. The van der Waals surface area contributed by atoms with Crippen molar-refractivity contribution < 1.29 is 33.8 Å². The van der Waals surface area contributed by atoms with E-state index in [9.17, 15) is 14.4 Å². The Bertz CT molecular complexity index is 1030. The second kappa shape index (κ2) is 11.3. The number of alkyl carbamates (subject to hydrolysis) is 1. The minimum Gasteiger partial charge on any atom is -0.479 e. The molecule has 0 saturated heterocycles. The standard InChI is InChI=1S/C26H30N2O7/c1-33-15-23(25(30)31)35-28-24(29)16-7-6-8-17(13-16)27-26(32)34-14-22-20-11-4-2-9-18(20)19-10-3-5-12-21(19)22/h2-5,9-12,16-17,22-23H,6-8,13-15H2,1H3,(H,27,32)(H,28,29)(H,30,31)/t16-,17+,23?/m1/s1. The molecule has 2 aromatic rings. The second-order valence-corrected chi connectivity index (χ2v) is 8.90. The maximum atomic E-state index is 12.6. The van der Waals surface area contributed by atoms with Gasteiger partial charge >= 0.3 is 12.1 Å². The largest absolute Gasteiger partial charge is 0.479 e. The van der Waals surface area contributed by atoms with E-state index in [4.69, 9.17) is 19.4 Å². The van der Waals surface area contributed by atoms with E-state index < -0.39 is 30.0 Å². The number of amides is 2. The van der Waals surface area contributed by atoms with Crippen LogP contribution in [0, 0.1) is 5.92 Å². The van der Waals surface area contributed by atoms with E-state index >= 15 is 0 Å². The zero-order valence-electron chi connectivity index (χ0n) is 19.6. The minimum absolute atomic E-state index is 0.0236. The lowest BCUT2D eigenvalue weighted by Gasteiger charge is -2.29. The highest BCUT2D eigenvalue weighted by Gasteiger charge is 2.32. The lowest BCUT2D eigenvalue weighted by molar-refractivity contribution is -0.166. The number of carbonyl (C=O) groups excluding carboxylic acids is 2. The molecule has 2 aliphatic carbocycles. The van der Waals surface area contributed by atoms with E-state index in [-0.39, 0.29) is 25.2 Å². The summed E-state index contributed by atoms with van der Waals surface area (Å²) >= 11 is 0. The predicted molar refractivity (Wildman–Crippen MR) is 126 cm³/mol. The summed E-state index contributed by atoms with van der Waals surface area (Å²) in [6.07, 6.45) is 0.715. The molecule has 2 aromatic carbocycles. The number of hydrogen-bond donors (Lipinski definition) is 3. The van der Waals surface area contributed by atoms with Crippen molar-refractivity contribution in [3.05, 3.63) is 59.7 Å². The first-order chi connectivity index (χ1) is 17.0. The lowest BCUT2D eigenvalue weighted by atomic mass is 9.85. The number of hydroxylamine groups is 1. The Morgan fingerprint density at radius 2 is 1.69 bits per heavy atom. The van der Waals surface area contributed by atoms with Gasteiger partial charge in [0.25, 0.3) is 0 Å². The van der Waals surface area contributed by atoms with Crippen molar-refractivity contribution in [3.8, 4) is 11.1 Å². The van der Waals surface area contributed by atoms with E-state index in [0.717, 1.165) is 35.1 Å². The molecule has 0 aliphatic heterocycles. The quantitative estimate of drug-likeness (QED) is 0.469. The summed E-state index contributed by atoms with van der Waals surface area (Å²) in [5, 5.41) is 12.0. The van der Waals surface area contributed by atoms with Crippen LogP contribution in [0.4, 0.5) is 4.79 Å². The molecule has 3 N–H and O–H groups in total. The van der Waals surface area contributed by atoms with Crippen molar-refractivity contribution in [3.63, 3.8) is 0 Å². The highest BCUT2D eigenvalue weighted by molar-refractivity contribution is 5.80. The zero-order valence-corrected chi connectivity index (χ0v) is 19.6. The maximum Gasteiger partial charge on any atom is 0.407 e. The zero-order chi connectivity index (χ0) is 24.8. The molecule has 0 aromatic heterocycles. The van der Waals surface area contributed by atoms with E-state index in [2.05, 4.69) is 35.1 Å². The molecule has 0 radical (unpaired) electrons. The van der Waals surface area contributed by atoms with Gasteiger partial charge in [0.15, 0.2) is 0 Å². The summed E-state index contributed by atoms with van der Waals surface area (Å²) in [6.45, 7) is 0.0344. The number of methoxy groups -OCH3 is 1. The Hall–Kier alpha value is -3.43. The molecule has 0 heterocycles. The smallest absolute Gasteiger partial charge is 0.407 e. The maximum absolute atomic E-state index is 12.6. The molecule has 2 amide bonds. The van der Waals surface area contributed by atoms with Crippen molar-refractivity contribution >= 4 is 18.0 Å². The van der Waals surface area contributed by atoms with Gasteiger partial charge in [0, 0.05) is 25.0 Å². The van der Waals surface area contributed by atoms with Crippen molar-refractivity contribution in [1.29, 1.82) is 0 Å². The van der Waals surface area contributed by atoms with E-state index in [1.807, 2.05) is 24.3 Å². The summed E-state index contributed by atoms with van der Waals surface area (Å²) in [6, 6.07) is 16.1. The fourth-order valence-electron chi connectivity index (χ4n) is 4.89. The van der Waals surface area contributed by atoms with Crippen LogP contribution in [0.15, 0.2) is 48.5 Å². The third-order valence-electron chi connectivity index (χ3n) is 6.61.